The van der Waals surface area contributed by atoms with Gasteiger partial charge in [-0.1, -0.05) is 23.8 Å². The summed E-state index contributed by atoms with van der Waals surface area (Å²) in [6.07, 6.45) is 1.39. The molecule has 0 radical (unpaired) electrons. The van der Waals surface area contributed by atoms with Crippen molar-refractivity contribution in [1.29, 1.82) is 0 Å². The fourth-order valence-corrected chi connectivity index (χ4v) is 4.48. The van der Waals surface area contributed by atoms with Crippen molar-refractivity contribution in [2.45, 2.75) is 25.7 Å². The Kier molecular flexibility index (Phi) is 7.35. The predicted molar refractivity (Wildman–Crippen MR) is 111 cm³/mol. The molecule has 0 heterocycles. The number of nitrogens with zero attached hydrogens (tertiary/aromatic N) is 1. The van der Waals surface area contributed by atoms with Crippen molar-refractivity contribution in [3.05, 3.63) is 52.6 Å². The molecule has 0 aliphatic rings. The summed E-state index contributed by atoms with van der Waals surface area (Å²) in [5.74, 6) is 0.396. The van der Waals surface area contributed by atoms with E-state index in [-0.39, 0.29) is 4.90 Å². The van der Waals surface area contributed by atoms with Crippen molar-refractivity contribution in [3.63, 3.8) is 0 Å². The van der Waals surface area contributed by atoms with Crippen LogP contribution in [0, 0.1) is 20.8 Å². The number of rotatable bonds is 8. The average molecular weight is 420 g/mol. The minimum atomic E-state index is -3.83. The van der Waals surface area contributed by atoms with E-state index in [4.69, 9.17) is 9.47 Å². The maximum absolute atomic E-state index is 12.6. The number of hydrazone groups is 1. The maximum Gasteiger partial charge on any atom is 0.255 e. The second-order valence-corrected chi connectivity index (χ2v) is 8.13. The Labute approximate surface area is 171 Å². The van der Waals surface area contributed by atoms with E-state index in [9.17, 15) is 13.2 Å². The highest BCUT2D eigenvalue weighted by Crippen LogP contribution is 2.29. The van der Waals surface area contributed by atoms with Gasteiger partial charge in [-0.2, -0.15) is 5.10 Å². The Bertz CT molecular complexity index is 1010. The van der Waals surface area contributed by atoms with Gasteiger partial charge in [0.2, 0.25) is 10.0 Å². The molecule has 0 unspecified atom stereocenters. The summed E-state index contributed by atoms with van der Waals surface area (Å²) < 4.78 is 37.9. The van der Waals surface area contributed by atoms with E-state index in [0.717, 1.165) is 5.56 Å². The van der Waals surface area contributed by atoms with Crippen LogP contribution in [0.15, 0.2) is 40.3 Å². The second-order valence-electron chi connectivity index (χ2n) is 6.43. The first-order valence-electron chi connectivity index (χ1n) is 8.80. The van der Waals surface area contributed by atoms with Crippen LogP contribution < -0.4 is 19.6 Å². The molecule has 1 amide bonds. The van der Waals surface area contributed by atoms with Gasteiger partial charge in [-0.3, -0.25) is 4.79 Å². The highest BCUT2D eigenvalue weighted by Gasteiger charge is 2.20. The van der Waals surface area contributed by atoms with Gasteiger partial charge in [0.25, 0.3) is 5.91 Å². The van der Waals surface area contributed by atoms with Crippen LogP contribution in [0.1, 0.15) is 22.3 Å². The number of benzene rings is 2. The molecule has 2 aromatic carbocycles. The van der Waals surface area contributed by atoms with Crippen LogP contribution in [0.2, 0.25) is 0 Å². The lowest BCUT2D eigenvalue weighted by Gasteiger charge is -2.12. The molecule has 2 aromatic rings. The van der Waals surface area contributed by atoms with Gasteiger partial charge in [-0.05, 0) is 44.0 Å². The van der Waals surface area contributed by atoms with Gasteiger partial charge < -0.3 is 9.47 Å². The first kappa shape index (κ1) is 22.4. The number of carbonyl (C=O) groups is 1. The fourth-order valence-electron chi connectivity index (χ4n) is 3.05. The molecule has 0 saturated heterocycles. The van der Waals surface area contributed by atoms with Gasteiger partial charge in [0.05, 0.1) is 31.9 Å². The summed E-state index contributed by atoms with van der Waals surface area (Å²) in [6, 6.07) is 8.80. The summed E-state index contributed by atoms with van der Waals surface area (Å²) in [7, 11) is -0.814. The van der Waals surface area contributed by atoms with Crippen molar-refractivity contribution < 1.29 is 22.7 Å². The zero-order chi connectivity index (χ0) is 21.6. The maximum atomic E-state index is 12.6. The molecule has 0 bridgehead atoms. The Morgan fingerprint density at radius 3 is 2.34 bits per heavy atom. The molecule has 9 heteroatoms. The highest BCUT2D eigenvalue weighted by molar-refractivity contribution is 7.89. The van der Waals surface area contributed by atoms with Crippen LogP contribution in [0.3, 0.4) is 0 Å². The minimum absolute atomic E-state index is 0.181. The van der Waals surface area contributed by atoms with Gasteiger partial charge in [0, 0.05) is 5.56 Å². The minimum Gasteiger partial charge on any atom is -0.493 e. The fraction of sp³-hybridized carbons (Fsp3) is 0.300. The number of hydrogen-bond donors (Lipinski definition) is 2. The van der Waals surface area contributed by atoms with Crippen LogP contribution in [-0.2, 0) is 14.8 Å². The molecule has 0 spiro atoms. The zero-order valence-corrected chi connectivity index (χ0v) is 17.9. The van der Waals surface area contributed by atoms with E-state index in [1.54, 1.807) is 44.2 Å². The molecule has 0 aliphatic carbocycles. The van der Waals surface area contributed by atoms with Crippen molar-refractivity contribution in [3.8, 4) is 11.5 Å². The summed E-state index contributed by atoms with van der Waals surface area (Å²) >= 11 is 0. The van der Waals surface area contributed by atoms with E-state index in [0.29, 0.717) is 28.2 Å². The van der Waals surface area contributed by atoms with E-state index in [1.165, 1.54) is 20.4 Å². The summed E-state index contributed by atoms with van der Waals surface area (Å²) in [5.41, 5.74) is 5.10. The van der Waals surface area contributed by atoms with Crippen molar-refractivity contribution in [2.24, 2.45) is 5.10 Å². The predicted octanol–water partition coefficient (Wildman–Crippen LogP) is 2.06. The molecule has 0 fully saturated rings. The van der Waals surface area contributed by atoms with E-state index in [1.807, 2.05) is 6.92 Å². The van der Waals surface area contributed by atoms with Crippen LogP contribution in [0.5, 0.6) is 11.5 Å². The summed E-state index contributed by atoms with van der Waals surface area (Å²) in [5, 5.41) is 3.85. The molecule has 2 N–H and O–H groups in total. The SMILES string of the molecule is COc1cccc(/C=N\NC(=O)CNS(=O)(=O)c2c(C)cc(C)cc2C)c1OC. The molecule has 0 saturated carbocycles. The average Bonchev–Trinajstić information content (AvgIpc) is 2.65. The number of carbonyl (C=O) groups excluding carboxylic acids is 1. The highest BCUT2D eigenvalue weighted by atomic mass is 32.2. The molecule has 156 valence electrons. The number of nitrogens with one attached hydrogen (secondary N) is 2. The van der Waals surface area contributed by atoms with Gasteiger partial charge in [0.1, 0.15) is 0 Å². The van der Waals surface area contributed by atoms with Gasteiger partial charge in [0.15, 0.2) is 11.5 Å². The number of sulfonamides is 1. The molecule has 29 heavy (non-hydrogen) atoms. The van der Waals surface area contributed by atoms with E-state index < -0.39 is 22.5 Å². The first-order chi connectivity index (χ1) is 13.7. The zero-order valence-electron chi connectivity index (χ0n) is 17.1. The van der Waals surface area contributed by atoms with Crippen LogP contribution in [0.25, 0.3) is 0 Å². The van der Waals surface area contributed by atoms with Crippen molar-refractivity contribution >= 4 is 22.1 Å². The third-order valence-electron chi connectivity index (χ3n) is 4.12. The Morgan fingerprint density at radius 2 is 1.76 bits per heavy atom. The molecular weight excluding hydrogens is 394 g/mol. The van der Waals surface area contributed by atoms with Gasteiger partial charge in [-0.15, -0.1) is 0 Å². The van der Waals surface area contributed by atoms with Crippen molar-refractivity contribution in [2.75, 3.05) is 20.8 Å². The molecule has 2 rings (SSSR count). The molecule has 0 aromatic heterocycles. The number of aryl methyl sites for hydroxylation is 3. The smallest absolute Gasteiger partial charge is 0.255 e. The van der Waals surface area contributed by atoms with Crippen LogP contribution in [-0.4, -0.2) is 41.3 Å². The standard InChI is InChI=1S/C20H25N3O5S/c1-13-9-14(2)20(15(3)10-13)29(25,26)22-12-18(24)23-21-11-16-7-6-8-17(27-4)19(16)28-5/h6-11,22H,12H2,1-5H3,(H,23,24)/b21-11-. The third-order valence-corrected chi connectivity index (χ3v) is 5.83. The van der Waals surface area contributed by atoms with E-state index in [2.05, 4.69) is 15.2 Å². The Hall–Kier alpha value is -2.91. The summed E-state index contributed by atoms with van der Waals surface area (Å²) in [6.45, 7) is 4.90. The number of para-hydroxylation sites is 1. The third kappa shape index (κ3) is 5.55. The largest absolute Gasteiger partial charge is 0.493 e. The number of hydrogen-bond acceptors (Lipinski definition) is 6. The Balaban J connectivity index is 2.03. The van der Waals surface area contributed by atoms with Crippen LogP contribution >= 0.6 is 0 Å². The summed E-state index contributed by atoms with van der Waals surface area (Å²) in [4.78, 5) is 12.2. The van der Waals surface area contributed by atoms with E-state index >= 15 is 0 Å². The van der Waals surface area contributed by atoms with Crippen molar-refractivity contribution in [1.82, 2.24) is 10.1 Å². The Morgan fingerprint density at radius 1 is 1.10 bits per heavy atom. The lowest BCUT2D eigenvalue weighted by atomic mass is 10.1. The molecule has 0 aliphatic heterocycles. The lowest BCUT2D eigenvalue weighted by molar-refractivity contribution is -0.119. The normalized spacial score (nSPS) is 11.5. The monoisotopic (exact) mass is 419 g/mol. The number of methoxy groups -OCH3 is 2. The number of ether oxygens (including phenoxy) is 2. The quantitative estimate of drug-likeness (QED) is 0.503. The topological polar surface area (TPSA) is 106 Å². The second kappa shape index (κ2) is 9.53. The first-order valence-corrected chi connectivity index (χ1v) is 10.3. The molecule has 8 nitrogen and oxygen atoms in total. The van der Waals surface area contributed by atoms with Crippen LogP contribution in [0.4, 0.5) is 0 Å². The molecular formula is C20H25N3O5S. The molecule has 0 atom stereocenters. The van der Waals surface area contributed by atoms with Gasteiger partial charge >= 0.3 is 0 Å². The number of amides is 1. The lowest BCUT2D eigenvalue weighted by Crippen LogP contribution is -2.35. The van der Waals surface area contributed by atoms with Gasteiger partial charge in [-0.25, -0.2) is 18.6 Å².